The summed E-state index contributed by atoms with van der Waals surface area (Å²) in [5, 5.41) is 13.1. The van der Waals surface area contributed by atoms with Crippen molar-refractivity contribution >= 4 is 38.7 Å². The van der Waals surface area contributed by atoms with E-state index in [-0.39, 0.29) is 39.4 Å². The predicted molar refractivity (Wildman–Crippen MR) is 105 cm³/mol. The molecule has 3 aromatic carbocycles. The minimum Gasteiger partial charge on any atom is -0.507 e. The number of anilines is 3. The molecule has 1 aliphatic carbocycles. The lowest BCUT2D eigenvalue weighted by Crippen LogP contribution is -2.22. The molecule has 0 amide bonds. The van der Waals surface area contributed by atoms with Crippen LogP contribution < -0.4 is 11.1 Å². The van der Waals surface area contributed by atoms with Crippen molar-refractivity contribution in [2.75, 3.05) is 11.1 Å². The quantitative estimate of drug-likeness (QED) is 0.229. The lowest BCUT2D eigenvalue weighted by atomic mass is 9.82. The maximum Gasteiger partial charge on any atom is 0.296 e. The summed E-state index contributed by atoms with van der Waals surface area (Å²) in [6, 6.07) is 12.8. The Labute approximate surface area is 165 Å². The van der Waals surface area contributed by atoms with Gasteiger partial charge in [0.05, 0.1) is 22.5 Å². The number of hydrogen-bond donors (Lipinski definition) is 4. The van der Waals surface area contributed by atoms with Crippen LogP contribution in [0.2, 0.25) is 0 Å². The molecule has 9 heteroatoms. The molecule has 0 unspecified atom stereocenters. The van der Waals surface area contributed by atoms with Gasteiger partial charge in [-0.05, 0) is 30.3 Å². The van der Waals surface area contributed by atoms with E-state index >= 15 is 0 Å². The lowest BCUT2D eigenvalue weighted by molar-refractivity contribution is 0.0977. The van der Waals surface area contributed by atoms with E-state index in [1.807, 2.05) is 0 Å². The molecule has 0 saturated heterocycles. The van der Waals surface area contributed by atoms with Crippen molar-refractivity contribution in [3.8, 4) is 5.75 Å². The molecule has 0 aliphatic heterocycles. The number of carbonyl (C=O) groups is 2. The number of benzene rings is 3. The van der Waals surface area contributed by atoms with Gasteiger partial charge in [-0.2, -0.15) is 8.42 Å². The van der Waals surface area contributed by atoms with Gasteiger partial charge in [0, 0.05) is 16.8 Å². The minimum atomic E-state index is -4.48. The third-order valence-electron chi connectivity index (χ3n) is 4.62. The van der Waals surface area contributed by atoms with Gasteiger partial charge in [-0.25, -0.2) is 0 Å². The number of nitrogens with one attached hydrogen (secondary N) is 1. The van der Waals surface area contributed by atoms with E-state index < -0.39 is 26.6 Å². The molecule has 0 radical (unpaired) electrons. The van der Waals surface area contributed by atoms with Crippen LogP contribution in [-0.4, -0.2) is 29.6 Å². The Morgan fingerprint density at radius 1 is 0.862 bits per heavy atom. The first-order valence-corrected chi connectivity index (χ1v) is 9.81. The topological polar surface area (TPSA) is 147 Å². The van der Waals surface area contributed by atoms with Gasteiger partial charge < -0.3 is 16.2 Å². The summed E-state index contributed by atoms with van der Waals surface area (Å²) in [6.45, 7) is 0. The molecule has 3 aromatic rings. The molecule has 1 aliphatic rings. The molecule has 29 heavy (non-hydrogen) atoms. The first-order valence-electron chi connectivity index (χ1n) is 8.37. The zero-order valence-electron chi connectivity index (χ0n) is 14.7. The third kappa shape index (κ3) is 3.02. The highest BCUT2D eigenvalue weighted by molar-refractivity contribution is 7.86. The van der Waals surface area contributed by atoms with E-state index in [2.05, 4.69) is 5.32 Å². The molecule has 8 nitrogen and oxygen atoms in total. The van der Waals surface area contributed by atoms with Crippen molar-refractivity contribution in [3.63, 3.8) is 0 Å². The first-order chi connectivity index (χ1) is 13.7. The van der Waals surface area contributed by atoms with Crippen molar-refractivity contribution < 1.29 is 27.7 Å². The molecule has 5 N–H and O–H groups in total. The van der Waals surface area contributed by atoms with Crippen LogP contribution >= 0.6 is 0 Å². The molecule has 146 valence electrons. The Morgan fingerprint density at radius 3 is 2.07 bits per heavy atom. The number of phenols is 1. The Bertz CT molecular complexity index is 1310. The summed E-state index contributed by atoms with van der Waals surface area (Å²) in [5.41, 5.74) is 6.39. The maximum absolute atomic E-state index is 13.0. The van der Waals surface area contributed by atoms with E-state index in [4.69, 9.17) is 10.3 Å². The smallest absolute Gasteiger partial charge is 0.296 e. The molecule has 4 rings (SSSR count). The average Bonchev–Trinajstić information content (AvgIpc) is 2.66. The maximum atomic E-state index is 13.0. The van der Waals surface area contributed by atoms with Crippen LogP contribution in [0.4, 0.5) is 17.1 Å². The number of ketones is 2. The Balaban J connectivity index is 1.83. The van der Waals surface area contributed by atoms with Crippen molar-refractivity contribution in [1.29, 1.82) is 0 Å². The van der Waals surface area contributed by atoms with Gasteiger partial charge in [-0.1, -0.05) is 24.3 Å². The molecule has 0 heterocycles. The minimum absolute atomic E-state index is 0.00567. The van der Waals surface area contributed by atoms with Crippen LogP contribution in [0.5, 0.6) is 5.75 Å². The van der Waals surface area contributed by atoms with Gasteiger partial charge in [0.1, 0.15) is 10.6 Å². The van der Waals surface area contributed by atoms with Crippen molar-refractivity contribution in [3.05, 3.63) is 76.9 Å². The zero-order chi connectivity index (χ0) is 20.9. The van der Waals surface area contributed by atoms with Crippen LogP contribution in [0.15, 0.2) is 59.5 Å². The van der Waals surface area contributed by atoms with E-state index in [1.54, 1.807) is 12.1 Å². The molecular formula is C20H14N2O6S. The average molecular weight is 410 g/mol. The number of aromatic hydroxyl groups is 1. The fraction of sp³-hybridized carbons (Fsp3) is 0. The van der Waals surface area contributed by atoms with Gasteiger partial charge in [-0.3, -0.25) is 14.1 Å². The van der Waals surface area contributed by atoms with Gasteiger partial charge in [0.25, 0.3) is 10.1 Å². The van der Waals surface area contributed by atoms with E-state index in [9.17, 15) is 23.1 Å². The van der Waals surface area contributed by atoms with E-state index in [0.717, 1.165) is 6.07 Å². The standard InChI is InChI=1S/C20H14N2O6S/c21-13-9-10(5-8-16(13)29(26,27)28)22-14-6-7-15(23)18-17(14)19(24)11-3-1-2-4-12(11)20(18)25/h1-9,22-23H,21H2,(H,26,27,28). The van der Waals surface area contributed by atoms with Crippen LogP contribution in [-0.2, 0) is 10.1 Å². The number of rotatable bonds is 3. The number of nitrogens with two attached hydrogens (primary N) is 1. The number of hydrogen-bond acceptors (Lipinski definition) is 7. The molecular weight excluding hydrogens is 396 g/mol. The predicted octanol–water partition coefficient (Wildman–Crippen LogP) is 2.74. The summed E-state index contributed by atoms with van der Waals surface area (Å²) in [6.07, 6.45) is 0. The summed E-state index contributed by atoms with van der Waals surface area (Å²) in [4.78, 5) is 25.4. The Hall–Kier alpha value is -3.69. The summed E-state index contributed by atoms with van der Waals surface area (Å²) in [5.74, 6) is -1.23. The summed E-state index contributed by atoms with van der Waals surface area (Å²) >= 11 is 0. The highest BCUT2D eigenvalue weighted by Crippen LogP contribution is 2.38. The monoisotopic (exact) mass is 410 g/mol. The van der Waals surface area contributed by atoms with Crippen molar-refractivity contribution in [2.24, 2.45) is 0 Å². The molecule has 0 spiro atoms. The van der Waals surface area contributed by atoms with E-state index in [0.29, 0.717) is 5.69 Å². The van der Waals surface area contributed by atoms with Crippen LogP contribution in [0.25, 0.3) is 0 Å². The second kappa shape index (κ2) is 6.43. The summed E-state index contributed by atoms with van der Waals surface area (Å²) < 4.78 is 31.7. The Morgan fingerprint density at radius 2 is 1.48 bits per heavy atom. The summed E-state index contributed by atoms with van der Waals surface area (Å²) in [7, 11) is -4.48. The van der Waals surface area contributed by atoms with Gasteiger partial charge in [0.2, 0.25) is 0 Å². The van der Waals surface area contributed by atoms with Crippen molar-refractivity contribution in [2.45, 2.75) is 4.90 Å². The van der Waals surface area contributed by atoms with Crippen LogP contribution in [0.1, 0.15) is 31.8 Å². The molecule has 0 fully saturated rings. The fourth-order valence-corrected chi connectivity index (χ4v) is 3.92. The SMILES string of the molecule is Nc1cc(Nc2ccc(O)c3c2C(=O)c2ccccc2C3=O)ccc1S(=O)(=O)O. The van der Waals surface area contributed by atoms with Gasteiger partial charge in [0.15, 0.2) is 11.6 Å². The van der Waals surface area contributed by atoms with Gasteiger partial charge in [-0.15, -0.1) is 0 Å². The number of carbonyl (C=O) groups excluding carboxylic acids is 2. The second-order valence-corrected chi connectivity index (χ2v) is 7.83. The normalized spacial score (nSPS) is 13.0. The lowest BCUT2D eigenvalue weighted by Gasteiger charge is -2.21. The highest BCUT2D eigenvalue weighted by Gasteiger charge is 2.34. The molecule has 0 saturated carbocycles. The van der Waals surface area contributed by atoms with Gasteiger partial charge >= 0.3 is 0 Å². The third-order valence-corrected chi connectivity index (χ3v) is 5.55. The number of phenolic OH excluding ortho intramolecular Hbond substituents is 1. The zero-order valence-corrected chi connectivity index (χ0v) is 15.5. The first kappa shape index (κ1) is 18.7. The van der Waals surface area contributed by atoms with Crippen LogP contribution in [0.3, 0.4) is 0 Å². The van der Waals surface area contributed by atoms with Crippen LogP contribution in [0, 0.1) is 0 Å². The van der Waals surface area contributed by atoms with Crippen molar-refractivity contribution in [1.82, 2.24) is 0 Å². The number of fused-ring (bicyclic) bond motifs is 2. The second-order valence-electron chi connectivity index (χ2n) is 6.44. The molecule has 0 atom stereocenters. The Kier molecular flexibility index (Phi) is 4.14. The number of nitrogen functional groups attached to an aromatic ring is 1. The fourth-order valence-electron chi connectivity index (χ4n) is 3.33. The largest absolute Gasteiger partial charge is 0.507 e. The van der Waals surface area contributed by atoms with E-state index in [1.165, 1.54) is 36.4 Å². The molecule has 0 aromatic heterocycles. The molecule has 0 bridgehead atoms. The highest BCUT2D eigenvalue weighted by atomic mass is 32.2.